The van der Waals surface area contributed by atoms with Crippen molar-refractivity contribution in [2.24, 2.45) is 0 Å². The fraction of sp³-hybridized carbons (Fsp3) is 0.120. The molecule has 0 heterocycles. The molecule has 3 aromatic rings. The normalized spacial score (nSPS) is 10.8. The van der Waals surface area contributed by atoms with Gasteiger partial charge in [-0.3, -0.25) is 4.79 Å². The summed E-state index contributed by atoms with van der Waals surface area (Å²) in [5.74, 6) is 0.125. The first-order valence-electron chi connectivity index (χ1n) is 9.84. The number of nitrogens with one attached hydrogen (secondary N) is 1. The fourth-order valence-corrected chi connectivity index (χ4v) is 2.80. The van der Waals surface area contributed by atoms with Gasteiger partial charge in [-0.05, 0) is 72.7 Å². The molecule has 162 valence electrons. The van der Waals surface area contributed by atoms with Gasteiger partial charge in [-0.1, -0.05) is 18.2 Å². The van der Waals surface area contributed by atoms with Gasteiger partial charge in [0.15, 0.2) is 11.5 Å². The number of carbonyl (C=O) groups excluding carboxylic acids is 1. The molecule has 0 aliphatic heterocycles. The van der Waals surface area contributed by atoms with Crippen LogP contribution in [0, 0.1) is 17.1 Å². The zero-order valence-electron chi connectivity index (χ0n) is 17.3. The molecule has 0 aliphatic carbocycles. The number of benzene rings is 3. The van der Waals surface area contributed by atoms with Crippen LogP contribution in [0.1, 0.15) is 18.1 Å². The molecule has 0 aromatic heterocycles. The number of halogens is 1. The monoisotopic (exact) mass is 432 g/mol. The highest BCUT2D eigenvalue weighted by Crippen LogP contribution is 2.30. The summed E-state index contributed by atoms with van der Waals surface area (Å²) < 4.78 is 24.5. The highest BCUT2D eigenvalue weighted by atomic mass is 19.1. The van der Waals surface area contributed by atoms with E-state index in [1.165, 1.54) is 42.5 Å². The molecule has 0 radical (unpaired) electrons. The maximum absolute atomic E-state index is 13.1. The van der Waals surface area contributed by atoms with E-state index < -0.39 is 5.91 Å². The standard InChI is InChI=1S/C25H21FN2O4/c1-2-31-24-14-18(5-12-23(24)32-16-17-3-6-20(26)7-4-17)13-19(15-27)25(30)28-21-8-10-22(29)11-9-21/h3-14,29H,2,16H2,1H3,(H,28,30)/b19-13+. The van der Waals surface area contributed by atoms with Crippen molar-refractivity contribution in [1.29, 1.82) is 5.26 Å². The number of aromatic hydroxyl groups is 1. The maximum Gasteiger partial charge on any atom is 0.266 e. The van der Waals surface area contributed by atoms with Crippen LogP contribution in [0.15, 0.2) is 72.3 Å². The van der Waals surface area contributed by atoms with Crippen LogP contribution in [-0.4, -0.2) is 17.6 Å². The fourth-order valence-electron chi connectivity index (χ4n) is 2.80. The second-order valence-electron chi connectivity index (χ2n) is 6.73. The van der Waals surface area contributed by atoms with Crippen molar-refractivity contribution in [2.75, 3.05) is 11.9 Å². The Morgan fingerprint density at radius 2 is 1.78 bits per heavy atom. The number of ether oxygens (including phenoxy) is 2. The van der Waals surface area contributed by atoms with Crippen LogP contribution in [0.4, 0.5) is 10.1 Å². The van der Waals surface area contributed by atoms with Crippen LogP contribution in [0.25, 0.3) is 6.08 Å². The van der Waals surface area contributed by atoms with Crippen molar-refractivity contribution in [3.63, 3.8) is 0 Å². The molecular weight excluding hydrogens is 411 g/mol. The molecule has 0 unspecified atom stereocenters. The first-order chi connectivity index (χ1) is 15.5. The third kappa shape index (κ3) is 6.09. The molecule has 3 rings (SSSR count). The molecule has 32 heavy (non-hydrogen) atoms. The Bertz CT molecular complexity index is 1150. The Kier molecular flexibility index (Phi) is 7.44. The van der Waals surface area contributed by atoms with Crippen molar-refractivity contribution in [1.82, 2.24) is 0 Å². The van der Waals surface area contributed by atoms with E-state index in [9.17, 15) is 19.6 Å². The third-order valence-electron chi connectivity index (χ3n) is 4.38. The van der Waals surface area contributed by atoms with E-state index in [0.29, 0.717) is 29.4 Å². The van der Waals surface area contributed by atoms with Gasteiger partial charge in [-0.15, -0.1) is 0 Å². The lowest BCUT2D eigenvalue weighted by atomic mass is 10.1. The zero-order chi connectivity index (χ0) is 22.9. The lowest BCUT2D eigenvalue weighted by Crippen LogP contribution is -2.13. The number of hydrogen-bond donors (Lipinski definition) is 2. The number of anilines is 1. The number of amides is 1. The number of carbonyl (C=O) groups is 1. The largest absolute Gasteiger partial charge is 0.508 e. The van der Waals surface area contributed by atoms with Gasteiger partial charge in [-0.2, -0.15) is 5.26 Å². The first-order valence-corrected chi connectivity index (χ1v) is 9.84. The quantitative estimate of drug-likeness (QED) is 0.295. The van der Waals surface area contributed by atoms with E-state index in [1.54, 1.807) is 30.3 Å². The summed E-state index contributed by atoms with van der Waals surface area (Å²) in [5, 5.41) is 21.4. The molecular formula is C25H21FN2O4. The molecule has 0 fully saturated rings. The number of nitriles is 1. The Balaban J connectivity index is 1.76. The van der Waals surface area contributed by atoms with Crippen molar-refractivity contribution in [3.05, 3.63) is 89.2 Å². The van der Waals surface area contributed by atoms with Crippen LogP contribution in [0.3, 0.4) is 0 Å². The van der Waals surface area contributed by atoms with Gasteiger partial charge in [0.1, 0.15) is 29.8 Å². The maximum atomic E-state index is 13.1. The summed E-state index contributed by atoms with van der Waals surface area (Å²) in [6.07, 6.45) is 1.45. The molecule has 0 atom stereocenters. The molecule has 0 bridgehead atoms. The summed E-state index contributed by atoms with van der Waals surface area (Å²) >= 11 is 0. The summed E-state index contributed by atoms with van der Waals surface area (Å²) in [6.45, 7) is 2.46. The predicted octanol–water partition coefficient (Wildman–Crippen LogP) is 5.05. The highest BCUT2D eigenvalue weighted by molar-refractivity contribution is 6.09. The van der Waals surface area contributed by atoms with Gasteiger partial charge >= 0.3 is 0 Å². The van der Waals surface area contributed by atoms with E-state index in [1.807, 2.05) is 13.0 Å². The van der Waals surface area contributed by atoms with E-state index in [-0.39, 0.29) is 23.7 Å². The molecule has 6 nitrogen and oxygen atoms in total. The summed E-state index contributed by atoms with van der Waals surface area (Å²) in [4.78, 5) is 12.4. The van der Waals surface area contributed by atoms with Crippen molar-refractivity contribution in [3.8, 4) is 23.3 Å². The highest BCUT2D eigenvalue weighted by Gasteiger charge is 2.12. The Hall–Kier alpha value is -4.31. The van der Waals surface area contributed by atoms with Gasteiger partial charge in [0.2, 0.25) is 0 Å². The average Bonchev–Trinajstić information content (AvgIpc) is 2.79. The molecule has 0 aliphatic rings. The van der Waals surface area contributed by atoms with Crippen LogP contribution in [-0.2, 0) is 11.4 Å². The number of nitrogens with zero attached hydrogens (tertiary/aromatic N) is 1. The first kappa shape index (κ1) is 22.4. The molecule has 0 saturated carbocycles. The van der Waals surface area contributed by atoms with Crippen LogP contribution in [0.5, 0.6) is 17.2 Å². The second kappa shape index (κ2) is 10.6. The van der Waals surface area contributed by atoms with Crippen LogP contribution < -0.4 is 14.8 Å². The third-order valence-corrected chi connectivity index (χ3v) is 4.38. The molecule has 1 amide bonds. The minimum absolute atomic E-state index is 0.0734. The second-order valence-corrected chi connectivity index (χ2v) is 6.73. The average molecular weight is 432 g/mol. The van der Waals surface area contributed by atoms with E-state index in [0.717, 1.165) is 5.56 Å². The van der Waals surface area contributed by atoms with Crippen LogP contribution >= 0.6 is 0 Å². The van der Waals surface area contributed by atoms with E-state index >= 15 is 0 Å². The zero-order valence-corrected chi connectivity index (χ0v) is 17.3. The SMILES string of the molecule is CCOc1cc(/C=C(\C#N)C(=O)Nc2ccc(O)cc2)ccc1OCc1ccc(F)cc1. The topological polar surface area (TPSA) is 91.6 Å². The van der Waals surface area contributed by atoms with Crippen molar-refractivity contribution < 1.29 is 23.8 Å². The smallest absolute Gasteiger partial charge is 0.266 e. The lowest BCUT2D eigenvalue weighted by molar-refractivity contribution is -0.112. The Morgan fingerprint density at radius 3 is 2.44 bits per heavy atom. The molecule has 2 N–H and O–H groups in total. The van der Waals surface area contributed by atoms with Crippen molar-refractivity contribution >= 4 is 17.7 Å². The minimum Gasteiger partial charge on any atom is -0.508 e. The summed E-state index contributed by atoms with van der Waals surface area (Å²) in [6, 6.07) is 18.9. The number of rotatable bonds is 8. The van der Waals surface area contributed by atoms with Gasteiger partial charge in [-0.25, -0.2) is 4.39 Å². The van der Waals surface area contributed by atoms with Crippen LogP contribution in [0.2, 0.25) is 0 Å². The molecule has 0 saturated heterocycles. The molecule has 0 spiro atoms. The minimum atomic E-state index is -0.576. The Labute approximate surface area is 185 Å². The summed E-state index contributed by atoms with van der Waals surface area (Å²) in [5.41, 5.74) is 1.74. The lowest BCUT2D eigenvalue weighted by Gasteiger charge is -2.13. The van der Waals surface area contributed by atoms with Crippen molar-refractivity contribution in [2.45, 2.75) is 13.5 Å². The van der Waals surface area contributed by atoms with E-state index in [2.05, 4.69) is 5.32 Å². The Morgan fingerprint density at radius 1 is 1.06 bits per heavy atom. The number of phenolic OH excluding ortho intramolecular Hbond substituents is 1. The van der Waals surface area contributed by atoms with Gasteiger partial charge in [0, 0.05) is 5.69 Å². The molecule has 7 heteroatoms. The number of hydrogen-bond acceptors (Lipinski definition) is 5. The van der Waals surface area contributed by atoms with Gasteiger partial charge < -0.3 is 19.9 Å². The van der Waals surface area contributed by atoms with Gasteiger partial charge in [0.05, 0.1) is 6.61 Å². The van der Waals surface area contributed by atoms with E-state index in [4.69, 9.17) is 9.47 Å². The molecule has 3 aromatic carbocycles. The predicted molar refractivity (Wildman–Crippen MR) is 119 cm³/mol. The number of phenols is 1. The van der Waals surface area contributed by atoms with Gasteiger partial charge in [0.25, 0.3) is 5.91 Å². The summed E-state index contributed by atoms with van der Waals surface area (Å²) in [7, 11) is 0.